The molecule has 0 aliphatic heterocycles. The quantitative estimate of drug-likeness (QED) is 0.764. The van der Waals surface area contributed by atoms with Crippen molar-refractivity contribution < 1.29 is 13.9 Å². The predicted octanol–water partition coefficient (Wildman–Crippen LogP) is 2.46. The Kier molecular flexibility index (Phi) is 4.27. The van der Waals surface area contributed by atoms with E-state index >= 15 is 0 Å². The summed E-state index contributed by atoms with van der Waals surface area (Å²) in [5.74, 6) is -1.19. The van der Waals surface area contributed by atoms with E-state index in [1.54, 1.807) is 6.92 Å². The molecule has 0 aliphatic carbocycles. The maximum absolute atomic E-state index is 13.1. The molecule has 0 saturated carbocycles. The third-order valence-electron chi connectivity index (χ3n) is 1.94. The minimum Gasteiger partial charge on any atom is -0.466 e. The van der Waals surface area contributed by atoms with Gasteiger partial charge in [-0.3, -0.25) is 4.79 Å². The Labute approximate surface area is 97.4 Å². The van der Waals surface area contributed by atoms with Crippen molar-refractivity contribution in [1.29, 1.82) is 5.26 Å². The second-order valence-corrected chi connectivity index (χ2v) is 3.36. The first-order chi connectivity index (χ1) is 7.60. The zero-order valence-corrected chi connectivity index (χ0v) is 9.34. The molecule has 16 heavy (non-hydrogen) atoms. The number of nitrogens with zero attached hydrogens (tertiary/aromatic N) is 1. The Balaban J connectivity index is 3.07. The molecule has 84 valence electrons. The maximum Gasteiger partial charge on any atom is 0.310 e. The van der Waals surface area contributed by atoms with Crippen molar-refractivity contribution in [3.63, 3.8) is 0 Å². The summed E-state index contributed by atoms with van der Waals surface area (Å²) in [5.41, 5.74) is 0.349. The van der Waals surface area contributed by atoms with Gasteiger partial charge in [-0.15, -0.1) is 0 Å². The minimum absolute atomic E-state index is 0.169. The Morgan fingerprint density at radius 1 is 1.62 bits per heavy atom. The second-order valence-electron chi connectivity index (χ2n) is 2.98. The van der Waals surface area contributed by atoms with Gasteiger partial charge in [0.15, 0.2) is 0 Å². The molecule has 0 aliphatic rings. The standard InChI is InChI=1S/C11H9ClFNO2/c1-2-16-10(15)5-8-7(6-14)3-4-9(13)11(8)12/h3-4H,2,5H2,1H3. The van der Waals surface area contributed by atoms with Crippen LogP contribution in [0.15, 0.2) is 12.1 Å². The number of halogens is 2. The van der Waals surface area contributed by atoms with Gasteiger partial charge in [0.05, 0.1) is 29.7 Å². The summed E-state index contributed by atoms with van der Waals surface area (Å²) in [4.78, 5) is 11.2. The van der Waals surface area contributed by atoms with Gasteiger partial charge < -0.3 is 4.74 Å². The lowest BCUT2D eigenvalue weighted by Gasteiger charge is -2.06. The van der Waals surface area contributed by atoms with Crippen molar-refractivity contribution in [3.8, 4) is 6.07 Å². The monoisotopic (exact) mass is 241 g/mol. The van der Waals surface area contributed by atoms with E-state index in [4.69, 9.17) is 21.6 Å². The van der Waals surface area contributed by atoms with Crippen molar-refractivity contribution in [2.45, 2.75) is 13.3 Å². The molecule has 0 bridgehead atoms. The first-order valence-corrected chi connectivity index (χ1v) is 5.00. The van der Waals surface area contributed by atoms with Crippen LogP contribution >= 0.6 is 11.6 Å². The van der Waals surface area contributed by atoms with E-state index in [1.165, 1.54) is 6.07 Å². The van der Waals surface area contributed by atoms with Gasteiger partial charge in [-0.05, 0) is 19.1 Å². The number of benzene rings is 1. The van der Waals surface area contributed by atoms with Crippen LogP contribution in [0, 0.1) is 17.1 Å². The third kappa shape index (κ3) is 2.71. The molecule has 0 aromatic heterocycles. The number of nitriles is 1. The van der Waals surface area contributed by atoms with E-state index < -0.39 is 11.8 Å². The van der Waals surface area contributed by atoms with Crippen LogP contribution in [0.5, 0.6) is 0 Å². The largest absolute Gasteiger partial charge is 0.466 e. The molecule has 1 aromatic rings. The average Bonchev–Trinajstić information content (AvgIpc) is 2.25. The summed E-state index contributed by atoms with van der Waals surface area (Å²) in [6.45, 7) is 1.89. The number of hydrogen-bond donors (Lipinski definition) is 0. The predicted molar refractivity (Wildman–Crippen MR) is 56.5 cm³/mol. The summed E-state index contributed by atoms with van der Waals surface area (Å²) >= 11 is 5.69. The van der Waals surface area contributed by atoms with E-state index in [2.05, 4.69) is 0 Å². The molecular formula is C11H9ClFNO2. The van der Waals surface area contributed by atoms with Crippen molar-refractivity contribution in [3.05, 3.63) is 34.1 Å². The number of hydrogen-bond acceptors (Lipinski definition) is 3. The highest BCUT2D eigenvalue weighted by molar-refractivity contribution is 6.31. The molecule has 0 saturated heterocycles. The maximum atomic E-state index is 13.1. The molecule has 0 unspecified atom stereocenters. The first kappa shape index (κ1) is 12.5. The lowest BCUT2D eigenvalue weighted by atomic mass is 10.1. The van der Waals surface area contributed by atoms with Gasteiger partial charge in [0.2, 0.25) is 0 Å². The van der Waals surface area contributed by atoms with E-state index in [0.717, 1.165) is 6.07 Å². The fraction of sp³-hybridized carbons (Fsp3) is 0.273. The number of carbonyl (C=O) groups is 1. The summed E-state index contributed by atoms with van der Waals surface area (Å²) in [5, 5.41) is 8.59. The highest BCUT2D eigenvalue weighted by Gasteiger charge is 2.15. The molecule has 1 rings (SSSR count). The van der Waals surface area contributed by atoms with Crippen molar-refractivity contribution in [2.75, 3.05) is 6.61 Å². The zero-order valence-electron chi connectivity index (χ0n) is 8.59. The summed E-state index contributed by atoms with van der Waals surface area (Å²) in [7, 11) is 0. The summed E-state index contributed by atoms with van der Waals surface area (Å²) in [6, 6.07) is 4.23. The van der Waals surface area contributed by atoms with Crippen LogP contribution in [0.3, 0.4) is 0 Å². The fourth-order valence-corrected chi connectivity index (χ4v) is 1.46. The Hall–Kier alpha value is -1.60. The smallest absolute Gasteiger partial charge is 0.310 e. The van der Waals surface area contributed by atoms with E-state index in [1.807, 2.05) is 6.07 Å². The van der Waals surface area contributed by atoms with E-state index in [-0.39, 0.29) is 29.2 Å². The SMILES string of the molecule is CCOC(=O)Cc1c(C#N)ccc(F)c1Cl. The lowest BCUT2D eigenvalue weighted by Crippen LogP contribution is -2.09. The molecule has 0 spiro atoms. The number of rotatable bonds is 3. The van der Waals surface area contributed by atoms with Crippen molar-refractivity contribution in [2.24, 2.45) is 0 Å². The number of esters is 1. The molecule has 0 radical (unpaired) electrons. The average molecular weight is 242 g/mol. The first-order valence-electron chi connectivity index (χ1n) is 4.62. The van der Waals surface area contributed by atoms with Gasteiger partial charge in [0, 0.05) is 5.56 Å². The van der Waals surface area contributed by atoms with Crippen molar-refractivity contribution >= 4 is 17.6 Å². The Morgan fingerprint density at radius 2 is 2.31 bits per heavy atom. The number of ether oxygens (including phenoxy) is 1. The van der Waals surface area contributed by atoms with Gasteiger partial charge in [-0.1, -0.05) is 11.6 Å². The van der Waals surface area contributed by atoms with Gasteiger partial charge in [0.25, 0.3) is 0 Å². The summed E-state index contributed by atoms with van der Waals surface area (Å²) < 4.78 is 17.8. The van der Waals surface area contributed by atoms with Gasteiger partial charge in [0.1, 0.15) is 5.82 Å². The third-order valence-corrected chi connectivity index (χ3v) is 2.35. The minimum atomic E-state index is -0.653. The van der Waals surface area contributed by atoms with Crippen LogP contribution < -0.4 is 0 Å². The van der Waals surface area contributed by atoms with Crippen LogP contribution in [0.4, 0.5) is 4.39 Å². The van der Waals surface area contributed by atoms with Crippen LogP contribution in [0.25, 0.3) is 0 Å². The van der Waals surface area contributed by atoms with Gasteiger partial charge in [-0.2, -0.15) is 5.26 Å². The van der Waals surface area contributed by atoms with Gasteiger partial charge >= 0.3 is 5.97 Å². The van der Waals surface area contributed by atoms with Gasteiger partial charge in [-0.25, -0.2) is 4.39 Å². The van der Waals surface area contributed by atoms with E-state index in [9.17, 15) is 9.18 Å². The number of carbonyl (C=O) groups excluding carboxylic acids is 1. The fourth-order valence-electron chi connectivity index (χ4n) is 1.23. The normalized spacial score (nSPS) is 9.62. The molecule has 0 fully saturated rings. The molecule has 5 heteroatoms. The molecule has 0 N–H and O–H groups in total. The summed E-state index contributed by atoms with van der Waals surface area (Å²) in [6.07, 6.45) is -0.201. The topological polar surface area (TPSA) is 50.1 Å². The van der Waals surface area contributed by atoms with Crippen LogP contribution in [0.1, 0.15) is 18.1 Å². The highest BCUT2D eigenvalue weighted by atomic mass is 35.5. The van der Waals surface area contributed by atoms with E-state index in [0.29, 0.717) is 0 Å². The molecule has 3 nitrogen and oxygen atoms in total. The molecule has 0 amide bonds. The Morgan fingerprint density at radius 3 is 2.88 bits per heavy atom. The van der Waals surface area contributed by atoms with Crippen LogP contribution in [-0.4, -0.2) is 12.6 Å². The van der Waals surface area contributed by atoms with Crippen LogP contribution in [0.2, 0.25) is 5.02 Å². The van der Waals surface area contributed by atoms with Crippen LogP contribution in [-0.2, 0) is 16.0 Å². The molecule has 1 aromatic carbocycles. The Bertz CT molecular complexity index is 454. The zero-order chi connectivity index (χ0) is 12.1. The molecule has 0 atom stereocenters. The molecular weight excluding hydrogens is 233 g/mol. The lowest BCUT2D eigenvalue weighted by molar-refractivity contribution is -0.142. The highest BCUT2D eigenvalue weighted by Crippen LogP contribution is 2.24. The van der Waals surface area contributed by atoms with Crippen molar-refractivity contribution in [1.82, 2.24) is 0 Å². The second kappa shape index (κ2) is 5.47. The molecule has 0 heterocycles.